The lowest BCUT2D eigenvalue weighted by atomic mass is 10.0. The van der Waals surface area contributed by atoms with Gasteiger partial charge in [-0.15, -0.1) is 0 Å². The number of hydrogen-bond acceptors (Lipinski definition) is 2. The number of rotatable bonds is 4. The van der Waals surface area contributed by atoms with Crippen LogP contribution in [0.3, 0.4) is 0 Å². The minimum atomic E-state index is -0.935. The Balaban J connectivity index is 1.85. The quantitative estimate of drug-likeness (QED) is 0.939. The first-order valence-corrected chi connectivity index (χ1v) is 6.83. The number of hydrogen-bond donors (Lipinski definition) is 1. The third-order valence-electron chi connectivity index (χ3n) is 3.51. The molecule has 1 N–H and O–H groups in total. The number of amides is 1. The number of benzene rings is 1. The van der Waals surface area contributed by atoms with E-state index in [1.807, 2.05) is 0 Å². The molecule has 3 nitrogen and oxygen atoms in total. The summed E-state index contributed by atoms with van der Waals surface area (Å²) in [6.45, 7) is 0.650. The van der Waals surface area contributed by atoms with Crippen LogP contribution in [0.5, 0.6) is 0 Å². The summed E-state index contributed by atoms with van der Waals surface area (Å²) >= 11 is 0. The molecule has 21 heavy (non-hydrogen) atoms. The molecule has 0 bridgehead atoms. The number of nitrogens with one attached hydrogen (secondary N) is 1. The summed E-state index contributed by atoms with van der Waals surface area (Å²) in [4.78, 5) is 15.9. The Hall–Kier alpha value is -2.30. The maximum Gasteiger partial charge on any atom is 0.252 e. The Labute approximate surface area is 121 Å². The fourth-order valence-electron chi connectivity index (χ4n) is 2.10. The Morgan fingerprint density at radius 2 is 2.10 bits per heavy atom. The van der Waals surface area contributed by atoms with Gasteiger partial charge in [0.2, 0.25) is 0 Å². The predicted molar refractivity (Wildman–Crippen MR) is 74.6 cm³/mol. The third kappa shape index (κ3) is 3.07. The van der Waals surface area contributed by atoms with Crippen molar-refractivity contribution in [2.75, 3.05) is 6.54 Å². The van der Waals surface area contributed by atoms with Crippen LogP contribution in [0.2, 0.25) is 0 Å². The zero-order chi connectivity index (χ0) is 14.8. The number of carbonyl (C=O) groups excluding carboxylic acids is 1. The molecule has 1 amide bonds. The van der Waals surface area contributed by atoms with Crippen molar-refractivity contribution >= 4 is 5.91 Å². The van der Waals surface area contributed by atoms with Gasteiger partial charge in [0.1, 0.15) is 0 Å². The third-order valence-corrected chi connectivity index (χ3v) is 3.51. The van der Waals surface area contributed by atoms with Gasteiger partial charge in [0.15, 0.2) is 11.6 Å². The van der Waals surface area contributed by atoms with Crippen molar-refractivity contribution in [2.45, 2.75) is 12.8 Å². The fourth-order valence-corrected chi connectivity index (χ4v) is 2.10. The molecular weight excluding hydrogens is 274 g/mol. The summed E-state index contributed by atoms with van der Waals surface area (Å²) in [6.07, 6.45) is 5.12. The number of halogens is 2. The van der Waals surface area contributed by atoms with Gasteiger partial charge < -0.3 is 5.32 Å². The van der Waals surface area contributed by atoms with Crippen LogP contribution >= 0.6 is 0 Å². The van der Waals surface area contributed by atoms with Crippen molar-refractivity contribution in [3.8, 4) is 11.1 Å². The summed E-state index contributed by atoms with van der Waals surface area (Å²) in [5, 5.41) is 2.82. The molecule has 0 aliphatic heterocycles. The monoisotopic (exact) mass is 288 g/mol. The van der Waals surface area contributed by atoms with Gasteiger partial charge in [0.25, 0.3) is 5.91 Å². The van der Waals surface area contributed by atoms with Crippen molar-refractivity contribution in [3.63, 3.8) is 0 Å². The maximum atomic E-state index is 13.8. The molecule has 2 aromatic rings. The zero-order valence-electron chi connectivity index (χ0n) is 11.3. The lowest BCUT2D eigenvalue weighted by Crippen LogP contribution is -2.25. The topological polar surface area (TPSA) is 42.0 Å². The molecule has 0 spiro atoms. The summed E-state index contributed by atoms with van der Waals surface area (Å²) in [5.74, 6) is -1.52. The van der Waals surface area contributed by atoms with Crippen molar-refractivity contribution in [3.05, 3.63) is 53.9 Å². The zero-order valence-corrected chi connectivity index (χ0v) is 11.3. The van der Waals surface area contributed by atoms with Gasteiger partial charge in [-0.3, -0.25) is 9.78 Å². The minimum Gasteiger partial charge on any atom is -0.352 e. The molecule has 1 aliphatic carbocycles. The smallest absolute Gasteiger partial charge is 0.252 e. The van der Waals surface area contributed by atoms with Crippen LogP contribution in [0.4, 0.5) is 8.78 Å². The van der Waals surface area contributed by atoms with Crippen LogP contribution in [-0.4, -0.2) is 17.4 Å². The number of pyridine rings is 1. The highest BCUT2D eigenvalue weighted by molar-refractivity contribution is 5.95. The first-order chi connectivity index (χ1) is 10.1. The molecule has 0 atom stereocenters. The van der Waals surface area contributed by atoms with E-state index in [1.54, 1.807) is 0 Å². The van der Waals surface area contributed by atoms with E-state index in [9.17, 15) is 13.6 Å². The molecule has 1 aromatic heterocycles. The predicted octanol–water partition coefficient (Wildman–Crippen LogP) is 3.17. The minimum absolute atomic E-state index is 0.0966. The molecule has 3 rings (SSSR count). The van der Waals surface area contributed by atoms with Gasteiger partial charge in [0, 0.05) is 30.1 Å². The second-order valence-electron chi connectivity index (χ2n) is 5.22. The van der Waals surface area contributed by atoms with E-state index in [-0.39, 0.29) is 11.5 Å². The van der Waals surface area contributed by atoms with E-state index in [2.05, 4.69) is 10.3 Å². The lowest BCUT2D eigenvalue weighted by Gasteiger charge is -2.07. The van der Waals surface area contributed by atoms with Crippen LogP contribution in [0.15, 0.2) is 36.7 Å². The van der Waals surface area contributed by atoms with E-state index in [0.29, 0.717) is 23.6 Å². The molecular formula is C16H14F2N2O. The van der Waals surface area contributed by atoms with Crippen LogP contribution in [0, 0.1) is 17.6 Å². The average molecular weight is 288 g/mol. The Morgan fingerprint density at radius 3 is 2.86 bits per heavy atom. The highest BCUT2D eigenvalue weighted by Crippen LogP contribution is 2.28. The first-order valence-electron chi connectivity index (χ1n) is 6.83. The van der Waals surface area contributed by atoms with Gasteiger partial charge in [-0.1, -0.05) is 12.1 Å². The molecule has 5 heteroatoms. The molecule has 1 aliphatic rings. The summed E-state index contributed by atoms with van der Waals surface area (Å²) in [7, 11) is 0. The van der Waals surface area contributed by atoms with Crippen molar-refractivity contribution in [2.24, 2.45) is 5.92 Å². The van der Waals surface area contributed by atoms with Gasteiger partial charge in [-0.25, -0.2) is 8.78 Å². The largest absolute Gasteiger partial charge is 0.352 e. The molecule has 1 aromatic carbocycles. The van der Waals surface area contributed by atoms with Crippen LogP contribution in [0.1, 0.15) is 23.2 Å². The number of carbonyl (C=O) groups is 1. The van der Waals surface area contributed by atoms with E-state index >= 15 is 0 Å². The molecule has 1 heterocycles. The molecule has 0 unspecified atom stereocenters. The van der Waals surface area contributed by atoms with E-state index in [1.165, 1.54) is 30.6 Å². The number of nitrogens with zero attached hydrogens (tertiary/aromatic N) is 1. The van der Waals surface area contributed by atoms with Crippen molar-refractivity contribution in [1.29, 1.82) is 0 Å². The molecule has 0 saturated heterocycles. The Bertz CT molecular complexity index is 684. The summed E-state index contributed by atoms with van der Waals surface area (Å²) in [5.41, 5.74) is 0.822. The van der Waals surface area contributed by atoms with Crippen molar-refractivity contribution < 1.29 is 13.6 Å². The van der Waals surface area contributed by atoms with Gasteiger partial charge >= 0.3 is 0 Å². The molecule has 0 radical (unpaired) electrons. The van der Waals surface area contributed by atoms with Gasteiger partial charge in [-0.2, -0.15) is 0 Å². The first kappa shape index (κ1) is 13.7. The Kier molecular flexibility index (Phi) is 3.64. The van der Waals surface area contributed by atoms with Crippen LogP contribution < -0.4 is 5.32 Å². The van der Waals surface area contributed by atoms with E-state index in [4.69, 9.17) is 0 Å². The van der Waals surface area contributed by atoms with E-state index in [0.717, 1.165) is 18.9 Å². The molecule has 108 valence electrons. The van der Waals surface area contributed by atoms with Crippen LogP contribution in [0.25, 0.3) is 11.1 Å². The highest BCUT2D eigenvalue weighted by atomic mass is 19.2. The fraction of sp³-hybridized carbons (Fsp3) is 0.250. The second kappa shape index (κ2) is 5.60. The number of aromatic nitrogens is 1. The van der Waals surface area contributed by atoms with Crippen molar-refractivity contribution in [1.82, 2.24) is 10.3 Å². The lowest BCUT2D eigenvalue weighted by molar-refractivity contribution is 0.0951. The maximum absolute atomic E-state index is 13.8. The summed E-state index contributed by atoms with van der Waals surface area (Å²) < 4.78 is 27.0. The van der Waals surface area contributed by atoms with Gasteiger partial charge in [0.05, 0.1) is 5.56 Å². The highest BCUT2D eigenvalue weighted by Gasteiger charge is 2.22. The SMILES string of the molecule is O=C(NCC1CC1)c1cncc(-c2cccc(F)c2F)c1. The van der Waals surface area contributed by atoms with Crippen LogP contribution in [-0.2, 0) is 0 Å². The molecule has 1 fully saturated rings. The Morgan fingerprint density at radius 1 is 1.29 bits per heavy atom. The second-order valence-corrected chi connectivity index (χ2v) is 5.22. The standard InChI is InChI=1S/C16H14F2N2O/c17-14-3-1-2-13(15(14)18)11-6-12(9-19-8-11)16(21)20-7-10-4-5-10/h1-3,6,8-10H,4-5,7H2,(H,20,21). The van der Waals surface area contributed by atoms with E-state index < -0.39 is 11.6 Å². The van der Waals surface area contributed by atoms with Gasteiger partial charge in [-0.05, 0) is 30.9 Å². The normalized spacial score (nSPS) is 14.0. The average Bonchev–Trinajstić information content (AvgIpc) is 3.32. The molecule has 1 saturated carbocycles. The summed E-state index contributed by atoms with van der Waals surface area (Å²) in [6, 6.07) is 5.46.